The molecule has 1 aromatic rings. The van der Waals surface area contributed by atoms with Crippen LogP contribution >= 0.6 is 0 Å². The summed E-state index contributed by atoms with van der Waals surface area (Å²) < 4.78 is 0. The maximum absolute atomic E-state index is 10.7. The number of rotatable bonds is 1. The number of Topliss-reactive ketones (excluding diaryl/α,β-unsaturated/α-hetero) is 1. The molecule has 0 aliphatic heterocycles. The molecular weight excluding hydrogens is 128 g/mol. The Bertz CT molecular complexity index is 258. The van der Waals surface area contributed by atoms with Crippen molar-refractivity contribution in [2.24, 2.45) is 0 Å². The van der Waals surface area contributed by atoms with E-state index in [2.05, 4.69) is 4.98 Å². The van der Waals surface area contributed by atoms with Crippen LogP contribution in [0.2, 0.25) is 0 Å². The Morgan fingerprint density at radius 1 is 1.70 bits per heavy atom. The highest BCUT2D eigenvalue weighted by Crippen LogP contribution is 2.02. The summed E-state index contributed by atoms with van der Waals surface area (Å²) in [6.45, 7) is 1.49. The van der Waals surface area contributed by atoms with Gasteiger partial charge in [0.2, 0.25) is 0 Å². The number of nitrogens with two attached hydrogens (primary N) is 1. The molecule has 1 rings (SSSR count). The summed E-state index contributed by atoms with van der Waals surface area (Å²) >= 11 is 0. The first kappa shape index (κ1) is 6.74. The number of carbonyl (C=O) groups excluding carboxylic acids is 1. The molecule has 3 nitrogen and oxygen atoms in total. The monoisotopic (exact) mass is 136 g/mol. The molecular formula is C7H8N2O. The van der Waals surface area contributed by atoms with Gasteiger partial charge in [0, 0.05) is 11.8 Å². The first-order valence-electron chi connectivity index (χ1n) is 2.92. The Hall–Kier alpha value is -1.38. The van der Waals surface area contributed by atoms with E-state index in [1.807, 2.05) is 0 Å². The molecule has 0 atom stereocenters. The molecule has 0 aliphatic rings. The SMILES string of the molecule is CC(=O)c1ccnc(N)c1. The van der Waals surface area contributed by atoms with Crippen LogP contribution in [0.3, 0.4) is 0 Å². The van der Waals surface area contributed by atoms with Crippen molar-refractivity contribution in [2.75, 3.05) is 5.73 Å². The number of ketones is 1. The van der Waals surface area contributed by atoms with Crippen molar-refractivity contribution in [2.45, 2.75) is 6.92 Å². The summed E-state index contributed by atoms with van der Waals surface area (Å²) in [6, 6.07) is 3.20. The van der Waals surface area contributed by atoms with Crippen molar-refractivity contribution in [3.63, 3.8) is 0 Å². The molecule has 0 fully saturated rings. The van der Waals surface area contributed by atoms with E-state index in [0.29, 0.717) is 11.4 Å². The third-order valence-electron chi connectivity index (χ3n) is 1.19. The van der Waals surface area contributed by atoms with Crippen LogP contribution < -0.4 is 5.73 Å². The lowest BCUT2D eigenvalue weighted by molar-refractivity contribution is 0.101. The van der Waals surface area contributed by atoms with Gasteiger partial charge in [0.1, 0.15) is 5.82 Å². The Morgan fingerprint density at radius 3 is 2.80 bits per heavy atom. The molecule has 3 heteroatoms. The molecule has 0 unspecified atom stereocenters. The van der Waals surface area contributed by atoms with Gasteiger partial charge in [0.25, 0.3) is 0 Å². The van der Waals surface area contributed by atoms with Gasteiger partial charge in [-0.25, -0.2) is 4.98 Å². The molecule has 0 radical (unpaired) electrons. The molecule has 0 spiro atoms. The van der Waals surface area contributed by atoms with Crippen molar-refractivity contribution >= 4 is 11.6 Å². The molecule has 0 saturated carbocycles. The first-order valence-corrected chi connectivity index (χ1v) is 2.92. The van der Waals surface area contributed by atoms with E-state index in [0.717, 1.165) is 0 Å². The predicted molar refractivity (Wildman–Crippen MR) is 38.7 cm³/mol. The zero-order chi connectivity index (χ0) is 7.56. The zero-order valence-electron chi connectivity index (χ0n) is 5.66. The number of aromatic nitrogens is 1. The standard InChI is InChI=1S/C7H8N2O/c1-5(10)6-2-3-9-7(8)4-6/h2-4H,1H3,(H2,8,9). The maximum Gasteiger partial charge on any atom is 0.159 e. The quantitative estimate of drug-likeness (QED) is 0.582. The Balaban J connectivity index is 3.07. The largest absolute Gasteiger partial charge is 0.384 e. The molecule has 52 valence electrons. The summed E-state index contributed by atoms with van der Waals surface area (Å²) in [7, 11) is 0. The molecule has 10 heavy (non-hydrogen) atoms. The smallest absolute Gasteiger partial charge is 0.159 e. The molecule has 0 aromatic carbocycles. The van der Waals surface area contributed by atoms with Crippen LogP contribution in [0.1, 0.15) is 17.3 Å². The van der Waals surface area contributed by atoms with Crippen LogP contribution in [0, 0.1) is 0 Å². The van der Waals surface area contributed by atoms with Crippen LogP contribution in [0.4, 0.5) is 5.82 Å². The average molecular weight is 136 g/mol. The summed E-state index contributed by atoms with van der Waals surface area (Å²) in [4.78, 5) is 14.5. The van der Waals surface area contributed by atoms with Gasteiger partial charge < -0.3 is 5.73 Å². The van der Waals surface area contributed by atoms with Gasteiger partial charge in [-0.05, 0) is 19.1 Å². The van der Waals surface area contributed by atoms with Crippen molar-refractivity contribution in [1.29, 1.82) is 0 Å². The highest BCUT2D eigenvalue weighted by Gasteiger charge is 1.97. The third-order valence-corrected chi connectivity index (χ3v) is 1.19. The van der Waals surface area contributed by atoms with Gasteiger partial charge in [-0.1, -0.05) is 0 Å². The fraction of sp³-hybridized carbons (Fsp3) is 0.143. The van der Waals surface area contributed by atoms with Gasteiger partial charge in [-0.3, -0.25) is 4.79 Å². The van der Waals surface area contributed by atoms with Gasteiger partial charge in [0.05, 0.1) is 0 Å². The summed E-state index contributed by atoms with van der Waals surface area (Å²) in [5.41, 5.74) is 5.94. The van der Waals surface area contributed by atoms with Gasteiger partial charge >= 0.3 is 0 Å². The van der Waals surface area contributed by atoms with Crippen molar-refractivity contribution < 1.29 is 4.79 Å². The second-order valence-electron chi connectivity index (χ2n) is 2.03. The lowest BCUT2D eigenvalue weighted by atomic mass is 10.2. The van der Waals surface area contributed by atoms with E-state index in [4.69, 9.17) is 5.73 Å². The lowest BCUT2D eigenvalue weighted by Crippen LogP contribution is -1.95. The van der Waals surface area contributed by atoms with Crippen LogP contribution in [0.5, 0.6) is 0 Å². The normalized spacial score (nSPS) is 9.30. The van der Waals surface area contributed by atoms with Crippen molar-refractivity contribution in [3.05, 3.63) is 23.9 Å². The minimum atomic E-state index is 0.00843. The Kier molecular flexibility index (Phi) is 1.67. The average Bonchev–Trinajstić information content (AvgIpc) is 1.88. The van der Waals surface area contributed by atoms with E-state index in [1.54, 1.807) is 12.1 Å². The lowest BCUT2D eigenvalue weighted by Gasteiger charge is -1.94. The summed E-state index contributed by atoms with van der Waals surface area (Å²) in [5.74, 6) is 0.391. The molecule has 0 bridgehead atoms. The van der Waals surface area contributed by atoms with Crippen molar-refractivity contribution in [1.82, 2.24) is 4.98 Å². The van der Waals surface area contributed by atoms with E-state index >= 15 is 0 Å². The molecule has 0 amide bonds. The highest BCUT2D eigenvalue weighted by molar-refractivity contribution is 5.94. The fourth-order valence-corrected chi connectivity index (χ4v) is 0.667. The second kappa shape index (κ2) is 2.47. The number of nitrogen functional groups attached to an aromatic ring is 1. The maximum atomic E-state index is 10.7. The van der Waals surface area contributed by atoms with Gasteiger partial charge in [0.15, 0.2) is 5.78 Å². The van der Waals surface area contributed by atoms with E-state index in [-0.39, 0.29) is 5.78 Å². The van der Waals surface area contributed by atoms with Crippen LogP contribution in [-0.4, -0.2) is 10.8 Å². The number of hydrogen-bond donors (Lipinski definition) is 1. The van der Waals surface area contributed by atoms with Crippen LogP contribution in [-0.2, 0) is 0 Å². The Labute approximate surface area is 58.9 Å². The predicted octanol–water partition coefficient (Wildman–Crippen LogP) is 0.866. The number of nitrogens with zero attached hydrogens (tertiary/aromatic N) is 1. The van der Waals surface area contributed by atoms with E-state index < -0.39 is 0 Å². The molecule has 2 N–H and O–H groups in total. The minimum absolute atomic E-state index is 0.00843. The summed E-state index contributed by atoms with van der Waals surface area (Å²) in [6.07, 6.45) is 1.52. The first-order chi connectivity index (χ1) is 4.70. The topological polar surface area (TPSA) is 56.0 Å². The highest BCUT2D eigenvalue weighted by atomic mass is 16.1. The van der Waals surface area contributed by atoms with Crippen LogP contribution in [0.15, 0.2) is 18.3 Å². The van der Waals surface area contributed by atoms with Crippen LogP contribution in [0.25, 0.3) is 0 Å². The Morgan fingerprint density at radius 2 is 2.40 bits per heavy atom. The number of hydrogen-bond acceptors (Lipinski definition) is 3. The molecule has 0 saturated heterocycles. The van der Waals surface area contributed by atoms with E-state index in [1.165, 1.54) is 13.1 Å². The summed E-state index contributed by atoms with van der Waals surface area (Å²) in [5, 5.41) is 0. The fourth-order valence-electron chi connectivity index (χ4n) is 0.667. The second-order valence-corrected chi connectivity index (χ2v) is 2.03. The number of anilines is 1. The molecule has 1 heterocycles. The molecule has 0 aliphatic carbocycles. The van der Waals surface area contributed by atoms with E-state index in [9.17, 15) is 4.79 Å². The van der Waals surface area contributed by atoms with Crippen molar-refractivity contribution in [3.8, 4) is 0 Å². The number of carbonyl (C=O) groups is 1. The van der Waals surface area contributed by atoms with Gasteiger partial charge in [-0.2, -0.15) is 0 Å². The zero-order valence-corrected chi connectivity index (χ0v) is 5.66. The molecule has 1 aromatic heterocycles. The number of pyridine rings is 1. The van der Waals surface area contributed by atoms with Gasteiger partial charge in [-0.15, -0.1) is 0 Å². The third kappa shape index (κ3) is 1.31. The minimum Gasteiger partial charge on any atom is -0.384 e.